The van der Waals surface area contributed by atoms with E-state index < -0.39 is 0 Å². The number of nitrogens with zero attached hydrogens (tertiary/aromatic N) is 2. The summed E-state index contributed by atoms with van der Waals surface area (Å²) >= 11 is 0. The summed E-state index contributed by atoms with van der Waals surface area (Å²) in [6.45, 7) is 3.16. The quantitative estimate of drug-likeness (QED) is 0.837. The summed E-state index contributed by atoms with van der Waals surface area (Å²) in [6, 6.07) is 3.38. The molecule has 2 fully saturated rings. The molecule has 0 spiro atoms. The van der Waals surface area contributed by atoms with E-state index in [0.717, 1.165) is 18.0 Å². The van der Waals surface area contributed by atoms with Crippen LogP contribution >= 0.6 is 0 Å². The second-order valence-electron chi connectivity index (χ2n) is 6.96. The minimum atomic E-state index is -0.0659. The fraction of sp³-hybridized carbons (Fsp3) is 0.667. The highest BCUT2D eigenvalue weighted by Gasteiger charge is 2.32. The maximum atomic E-state index is 12.1. The zero-order chi connectivity index (χ0) is 16.4. The van der Waals surface area contributed by atoms with Gasteiger partial charge in [0.15, 0.2) is 0 Å². The van der Waals surface area contributed by atoms with Gasteiger partial charge in [0.1, 0.15) is 11.9 Å². The second kappa shape index (κ2) is 6.77. The summed E-state index contributed by atoms with van der Waals surface area (Å²) in [5.74, 6) is 1.61. The Bertz CT molecular complexity index is 626. The number of hydrogen-bond donors (Lipinski definition) is 0. The Hall–Kier alpha value is -1.78. The van der Waals surface area contributed by atoms with E-state index in [1.165, 1.54) is 31.7 Å². The molecule has 5 nitrogen and oxygen atoms in total. The van der Waals surface area contributed by atoms with Crippen molar-refractivity contribution < 1.29 is 9.53 Å². The Morgan fingerprint density at radius 2 is 1.96 bits per heavy atom. The van der Waals surface area contributed by atoms with Gasteiger partial charge in [0.05, 0.1) is 13.1 Å². The lowest BCUT2D eigenvalue weighted by Gasteiger charge is -2.39. The van der Waals surface area contributed by atoms with Crippen molar-refractivity contribution in [2.75, 3.05) is 13.1 Å². The standard InChI is InChI=1S/C18H26N2O3/c1-13-9-15(10-18(22)19(13)2)23-16-11-20(12-16)17(21)8-7-14-5-3-4-6-14/h9-10,14,16H,3-8,11-12H2,1-2H3. The molecule has 1 aliphatic carbocycles. The molecular weight excluding hydrogens is 292 g/mol. The smallest absolute Gasteiger partial charge is 0.254 e. The van der Waals surface area contributed by atoms with E-state index in [9.17, 15) is 9.59 Å². The van der Waals surface area contributed by atoms with Gasteiger partial charge >= 0.3 is 0 Å². The van der Waals surface area contributed by atoms with Crippen LogP contribution in [-0.4, -0.2) is 34.6 Å². The lowest BCUT2D eigenvalue weighted by molar-refractivity contribution is -0.140. The van der Waals surface area contributed by atoms with Crippen LogP contribution in [0.2, 0.25) is 0 Å². The van der Waals surface area contributed by atoms with Gasteiger partial charge < -0.3 is 14.2 Å². The summed E-state index contributed by atoms with van der Waals surface area (Å²) in [4.78, 5) is 25.8. The third-order valence-electron chi connectivity index (χ3n) is 5.22. The molecule has 3 rings (SSSR count). The van der Waals surface area contributed by atoms with Gasteiger partial charge in [-0.2, -0.15) is 0 Å². The van der Waals surface area contributed by atoms with Crippen LogP contribution in [0, 0.1) is 12.8 Å². The Labute approximate surface area is 137 Å². The number of rotatable bonds is 5. The van der Waals surface area contributed by atoms with E-state index in [1.807, 2.05) is 17.9 Å². The molecule has 0 bridgehead atoms. The summed E-state index contributed by atoms with van der Waals surface area (Å²) < 4.78 is 7.41. The number of aryl methyl sites for hydroxylation is 1. The summed E-state index contributed by atoms with van der Waals surface area (Å²) in [6.07, 6.45) is 6.96. The van der Waals surface area contributed by atoms with Crippen LogP contribution in [0.5, 0.6) is 5.75 Å². The van der Waals surface area contributed by atoms with Gasteiger partial charge in [0, 0.05) is 25.2 Å². The number of carbonyl (C=O) groups is 1. The Balaban J connectivity index is 1.43. The van der Waals surface area contributed by atoms with E-state index in [2.05, 4.69) is 0 Å². The zero-order valence-electron chi connectivity index (χ0n) is 14.1. The van der Waals surface area contributed by atoms with Gasteiger partial charge in [-0.15, -0.1) is 0 Å². The van der Waals surface area contributed by atoms with Crippen LogP contribution in [0.4, 0.5) is 0 Å². The van der Waals surface area contributed by atoms with E-state index in [1.54, 1.807) is 11.6 Å². The predicted molar refractivity (Wildman–Crippen MR) is 88.6 cm³/mol. The van der Waals surface area contributed by atoms with Crippen molar-refractivity contribution in [3.63, 3.8) is 0 Å². The van der Waals surface area contributed by atoms with Gasteiger partial charge in [-0.1, -0.05) is 25.7 Å². The molecule has 1 aromatic rings. The highest BCUT2D eigenvalue weighted by molar-refractivity contribution is 5.77. The fourth-order valence-electron chi connectivity index (χ4n) is 3.50. The summed E-state index contributed by atoms with van der Waals surface area (Å²) in [7, 11) is 1.75. The molecule has 1 saturated heterocycles. The average molecular weight is 318 g/mol. The first-order valence-electron chi connectivity index (χ1n) is 8.65. The lowest BCUT2D eigenvalue weighted by atomic mass is 10.0. The number of hydrogen-bond acceptors (Lipinski definition) is 3. The maximum Gasteiger partial charge on any atom is 0.254 e. The van der Waals surface area contributed by atoms with Crippen molar-refractivity contribution in [2.24, 2.45) is 13.0 Å². The number of likely N-dealkylation sites (tertiary alicyclic amines) is 1. The van der Waals surface area contributed by atoms with Crippen LogP contribution in [0.25, 0.3) is 0 Å². The normalized spacial score (nSPS) is 19.0. The molecule has 5 heteroatoms. The van der Waals surface area contributed by atoms with Crippen LogP contribution in [0.3, 0.4) is 0 Å². The van der Waals surface area contributed by atoms with Crippen molar-refractivity contribution in [1.82, 2.24) is 9.47 Å². The SMILES string of the molecule is Cc1cc(OC2CN(C(=O)CCC3CCCC3)C2)cc(=O)n1C. The Morgan fingerprint density at radius 3 is 2.61 bits per heavy atom. The topological polar surface area (TPSA) is 51.5 Å². The molecule has 23 heavy (non-hydrogen) atoms. The molecular formula is C18H26N2O3. The molecule has 1 saturated carbocycles. The molecule has 126 valence electrons. The Morgan fingerprint density at radius 1 is 1.26 bits per heavy atom. The van der Waals surface area contributed by atoms with Crippen molar-refractivity contribution in [3.05, 3.63) is 28.2 Å². The van der Waals surface area contributed by atoms with E-state index in [4.69, 9.17) is 4.74 Å². The van der Waals surface area contributed by atoms with E-state index in [0.29, 0.717) is 25.3 Å². The number of amides is 1. The largest absolute Gasteiger partial charge is 0.486 e. The average Bonchev–Trinajstić information content (AvgIpc) is 2.98. The van der Waals surface area contributed by atoms with E-state index in [-0.39, 0.29) is 17.6 Å². The zero-order valence-corrected chi connectivity index (χ0v) is 14.1. The predicted octanol–water partition coefficient (Wildman–Crippen LogP) is 2.25. The van der Waals surface area contributed by atoms with Crippen LogP contribution < -0.4 is 10.3 Å². The third-order valence-corrected chi connectivity index (χ3v) is 5.22. The number of pyridine rings is 1. The molecule has 2 aliphatic rings. The molecule has 1 amide bonds. The molecule has 0 atom stereocenters. The summed E-state index contributed by atoms with van der Waals surface area (Å²) in [5, 5.41) is 0. The second-order valence-corrected chi connectivity index (χ2v) is 6.96. The Kier molecular flexibility index (Phi) is 4.74. The minimum absolute atomic E-state index is 0.0111. The number of aromatic nitrogens is 1. The molecule has 2 heterocycles. The lowest BCUT2D eigenvalue weighted by Crippen LogP contribution is -2.56. The highest BCUT2D eigenvalue weighted by atomic mass is 16.5. The number of carbonyl (C=O) groups excluding carboxylic acids is 1. The van der Waals surface area contributed by atoms with Crippen LogP contribution in [-0.2, 0) is 11.8 Å². The van der Waals surface area contributed by atoms with Gasteiger partial charge in [-0.25, -0.2) is 0 Å². The first-order valence-corrected chi connectivity index (χ1v) is 8.65. The molecule has 0 unspecified atom stereocenters. The molecule has 0 radical (unpaired) electrons. The minimum Gasteiger partial charge on any atom is -0.486 e. The van der Waals surface area contributed by atoms with Crippen molar-refractivity contribution >= 4 is 5.91 Å². The monoisotopic (exact) mass is 318 g/mol. The molecule has 0 aromatic carbocycles. The maximum absolute atomic E-state index is 12.1. The van der Waals surface area contributed by atoms with Crippen molar-refractivity contribution in [1.29, 1.82) is 0 Å². The van der Waals surface area contributed by atoms with E-state index >= 15 is 0 Å². The van der Waals surface area contributed by atoms with Gasteiger partial charge in [0.2, 0.25) is 5.91 Å². The molecule has 1 aromatic heterocycles. The highest BCUT2D eigenvalue weighted by Crippen LogP contribution is 2.29. The molecule has 0 N–H and O–H groups in total. The third kappa shape index (κ3) is 3.77. The summed E-state index contributed by atoms with van der Waals surface area (Å²) in [5.41, 5.74) is 0.806. The van der Waals surface area contributed by atoms with Crippen molar-refractivity contribution in [2.45, 2.75) is 51.6 Å². The van der Waals surface area contributed by atoms with Gasteiger partial charge in [0.25, 0.3) is 5.56 Å². The molecule has 1 aliphatic heterocycles. The number of ether oxygens (including phenoxy) is 1. The first-order chi connectivity index (χ1) is 11.0. The fourth-order valence-corrected chi connectivity index (χ4v) is 3.50. The van der Waals surface area contributed by atoms with Gasteiger partial charge in [-0.3, -0.25) is 9.59 Å². The van der Waals surface area contributed by atoms with Crippen LogP contribution in [0.15, 0.2) is 16.9 Å². The van der Waals surface area contributed by atoms with Crippen molar-refractivity contribution in [3.8, 4) is 5.75 Å². The van der Waals surface area contributed by atoms with Crippen LogP contribution in [0.1, 0.15) is 44.2 Å². The first kappa shape index (κ1) is 16.1. The van der Waals surface area contributed by atoms with Gasteiger partial charge in [-0.05, 0) is 25.3 Å².